The second-order valence-corrected chi connectivity index (χ2v) is 8.05. The van der Waals surface area contributed by atoms with Crippen molar-refractivity contribution in [2.45, 2.75) is 36.8 Å². The molecule has 1 atom stereocenters. The molecule has 130 valence electrons. The highest BCUT2D eigenvalue weighted by Crippen LogP contribution is 2.38. The standard InChI is InChI=1S/C16H20FN3O3S/c1-10-3-4-14(17)15(5-10)24(22,23)19-16(11-6-13(21)7-11)12-8-18-20(2)9-12/h3-5,8-9,11,13,16,19,21H,6-7H2,1-2H3/t11?,13?,16-/m0/s1. The highest BCUT2D eigenvalue weighted by molar-refractivity contribution is 7.89. The van der Waals surface area contributed by atoms with Crippen LogP contribution >= 0.6 is 0 Å². The van der Waals surface area contributed by atoms with Crippen LogP contribution in [-0.4, -0.2) is 29.4 Å². The van der Waals surface area contributed by atoms with E-state index in [2.05, 4.69) is 9.82 Å². The molecule has 0 amide bonds. The molecule has 1 aromatic heterocycles. The van der Waals surface area contributed by atoms with E-state index >= 15 is 0 Å². The molecular formula is C16H20FN3O3S. The van der Waals surface area contributed by atoms with Gasteiger partial charge in [-0.1, -0.05) is 6.07 Å². The van der Waals surface area contributed by atoms with Gasteiger partial charge in [-0.05, 0) is 43.4 Å². The largest absolute Gasteiger partial charge is 0.393 e. The molecule has 0 saturated heterocycles. The van der Waals surface area contributed by atoms with Crippen LogP contribution in [0.15, 0.2) is 35.5 Å². The number of aliphatic hydroxyl groups is 1. The molecule has 1 heterocycles. The second-order valence-electron chi connectivity index (χ2n) is 6.37. The van der Waals surface area contributed by atoms with Crippen LogP contribution in [0.2, 0.25) is 0 Å². The third-order valence-corrected chi connectivity index (χ3v) is 5.82. The summed E-state index contributed by atoms with van der Waals surface area (Å²) in [4.78, 5) is -0.365. The predicted octanol–water partition coefficient (Wildman–Crippen LogP) is 1.66. The minimum atomic E-state index is -4.03. The smallest absolute Gasteiger partial charge is 0.244 e. The Bertz CT molecular complexity index is 844. The lowest BCUT2D eigenvalue weighted by molar-refractivity contribution is 0.0280. The van der Waals surface area contributed by atoms with Crippen molar-refractivity contribution in [3.63, 3.8) is 0 Å². The van der Waals surface area contributed by atoms with Gasteiger partial charge >= 0.3 is 0 Å². The van der Waals surface area contributed by atoms with Crippen LogP contribution in [0.3, 0.4) is 0 Å². The number of hydrogen-bond acceptors (Lipinski definition) is 4. The van der Waals surface area contributed by atoms with E-state index in [9.17, 15) is 17.9 Å². The second kappa shape index (κ2) is 6.27. The molecular weight excluding hydrogens is 333 g/mol. The van der Waals surface area contributed by atoms with Gasteiger partial charge in [0.05, 0.1) is 18.3 Å². The zero-order valence-corrected chi connectivity index (χ0v) is 14.3. The lowest BCUT2D eigenvalue weighted by Gasteiger charge is -2.37. The van der Waals surface area contributed by atoms with Crippen LogP contribution in [0.5, 0.6) is 0 Å². The van der Waals surface area contributed by atoms with Gasteiger partial charge in [0, 0.05) is 18.8 Å². The molecule has 1 saturated carbocycles. The first kappa shape index (κ1) is 17.1. The Hall–Kier alpha value is -1.77. The fourth-order valence-corrected chi connectivity index (χ4v) is 4.44. The van der Waals surface area contributed by atoms with Crippen molar-refractivity contribution < 1.29 is 17.9 Å². The van der Waals surface area contributed by atoms with Crippen molar-refractivity contribution in [3.8, 4) is 0 Å². The first-order valence-corrected chi connectivity index (χ1v) is 9.19. The van der Waals surface area contributed by atoms with Gasteiger partial charge in [-0.25, -0.2) is 17.5 Å². The van der Waals surface area contributed by atoms with E-state index in [1.54, 1.807) is 31.0 Å². The van der Waals surface area contributed by atoms with Gasteiger partial charge < -0.3 is 5.11 Å². The third kappa shape index (κ3) is 3.35. The molecule has 0 radical (unpaired) electrons. The number of halogens is 1. The van der Waals surface area contributed by atoms with Gasteiger partial charge in [0.2, 0.25) is 10.0 Å². The Morgan fingerprint density at radius 2 is 2.12 bits per heavy atom. The molecule has 1 aromatic carbocycles. The Labute approximate surface area is 140 Å². The maximum absolute atomic E-state index is 14.0. The summed E-state index contributed by atoms with van der Waals surface area (Å²) < 4.78 is 43.5. The van der Waals surface area contributed by atoms with Crippen molar-refractivity contribution in [3.05, 3.63) is 47.5 Å². The average Bonchev–Trinajstić information content (AvgIpc) is 2.91. The predicted molar refractivity (Wildman–Crippen MR) is 86.1 cm³/mol. The Kier molecular flexibility index (Phi) is 4.46. The zero-order chi connectivity index (χ0) is 17.5. The van der Waals surface area contributed by atoms with E-state index < -0.39 is 28.0 Å². The van der Waals surface area contributed by atoms with Crippen LogP contribution < -0.4 is 4.72 Å². The van der Waals surface area contributed by atoms with Gasteiger partial charge in [-0.2, -0.15) is 5.10 Å². The van der Waals surface area contributed by atoms with Crippen LogP contribution in [-0.2, 0) is 17.1 Å². The monoisotopic (exact) mass is 353 g/mol. The molecule has 1 fully saturated rings. The van der Waals surface area contributed by atoms with E-state index in [1.807, 2.05) is 0 Å². The topological polar surface area (TPSA) is 84.2 Å². The van der Waals surface area contributed by atoms with Crippen molar-refractivity contribution in [2.24, 2.45) is 13.0 Å². The van der Waals surface area contributed by atoms with Crippen molar-refractivity contribution in [2.75, 3.05) is 0 Å². The maximum atomic E-state index is 14.0. The minimum absolute atomic E-state index is 0.0492. The minimum Gasteiger partial charge on any atom is -0.393 e. The summed E-state index contributed by atoms with van der Waals surface area (Å²) >= 11 is 0. The summed E-state index contributed by atoms with van der Waals surface area (Å²) in [6.07, 6.45) is 3.89. The van der Waals surface area contributed by atoms with Gasteiger partial charge in [-0.15, -0.1) is 0 Å². The molecule has 3 rings (SSSR count). The van der Waals surface area contributed by atoms with E-state index in [0.717, 1.165) is 6.07 Å². The molecule has 0 aliphatic heterocycles. The summed E-state index contributed by atoms with van der Waals surface area (Å²) in [6, 6.07) is 3.44. The number of hydrogen-bond donors (Lipinski definition) is 2. The van der Waals surface area contributed by atoms with Crippen molar-refractivity contribution in [1.29, 1.82) is 0 Å². The lowest BCUT2D eigenvalue weighted by atomic mass is 9.76. The first-order valence-electron chi connectivity index (χ1n) is 7.71. The highest BCUT2D eigenvalue weighted by Gasteiger charge is 2.38. The van der Waals surface area contributed by atoms with E-state index in [0.29, 0.717) is 24.0 Å². The summed E-state index contributed by atoms with van der Waals surface area (Å²) in [5, 5.41) is 13.6. The summed E-state index contributed by atoms with van der Waals surface area (Å²) in [5.41, 5.74) is 1.36. The SMILES string of the molecule is Cc1ccc(F)c(S(=O)(=O)N[C@H](c2cnn(C)c2)C2CC(O)C2)c1. The Balaban J connectivity index is 1.93. The molecule has 0 unspecified atom stereocenters. The number of nitrogens with zero attached hydrogens (tertiary/aromatic N) is 2. The maximum Gasteiger partial charge on any atom is 0.244 e. The van der Waals surface area contributed by atoms with E-state index in [1.165, 1.54) is 12.1 Å². The van der Waals surface area contributed by atoms with Gasteiger partial charge in [0.15, 0.2) is 0 Å². The van der Waals surface area contributed by atoms with Crippen LogP contribution in [0.4, 0.5) is 4.39 Å². The number of aromatic nitrogens is 2. The number of rotatable bonds is 5. The molecule has 2 N–H and O–H groups in total. The van der Waals surface area contributed by atoms with Gasteiger partial charge in [0.1, 0.15) is 10.7 Å². The number of sulfonamides is 1. The molecule has 0 bridgehead atoms. The van der Waals surface area contributed by atoms with Crippen molar-refractivity contribution >= 4 is 10.0 Å². The summed E-state index contributed by atoms with van der Waals surface area (Å²) in [5.74, 6) is -0.835. The van der Waals surface area contributed by atoms with Gasteiger partial charge in [0.25, 0.3) is 0 Å². The highest BCUT2D eigenvalue weighted by atomic mass is 32.2. The molecule has 1 aliphatic rings. The normalized spacial score (nSPS) is 22.2. The zero-order valence-electron chi connectivity index (χ0n) is 13.5. The fourth-order valence-electron chi connectivity index (χ4n) is 2.99. The Morgan fingerprint density at radius 3 is 2.71 bits per heavy atom. The number of benzene rings is 1. The van der Waals surface area contributed by atoms with E-state index in [-0.39, 0.29) is 10.8 Å². The first-order chi connectivity index (χ1) is 11.3. The summed E-state index contributed by atoms with van der Waals surface area (Å²) in [7, 11) is -2.29. The number of nitrogens with one attached hydrogen (secondary N) is 1. The molecule has 8 heteroatoms. The van der Waals surface area contributed by atoms with E-state index in [4.69, 9.17) is 0 Å². The molecule has 24 heavy (non-hydrogen) atoms. The lowest BCUT2D eigenvalue weighted by Crippen LogP contribution is -2.41. The van der Waals surface area contributed by atoms with Crippen LogP contribution in [0, 0.1) is 18.7 Å². The third-order valence-electron chi connectivity index (χ3n) is 4.36. The summed E-state index contributed by atoms with van der Waals surface area (Å²) in [6.45, 7) is 1.71. The average molecular weight is 353 g/mol. The number of aryl methyl sites for hydroxylation is 2. The quantitative estimate of drug-likeness (QED) is 0.856. The van der Waals surface area contributed by atoms with Gasteiger partial charge in [-0.3, -0.25) is 4.68 Å². The molecule has 6 nitrogen and oxygen atoms in total. The van der Waals surface area contributed by atoms with Crippen LogP contribution in [0.1, 0.15) is 30.0 Å². The fraction of sp³-hybridized carbons (Fsp3) is 0.438. The molecule has 0 spiro atoms. The number of aliphatic hydroxyl groups excluding tert-OH is 1. The van der Waals surface area contributed by atoms with Crippen LogP contribution in [0.25, 0.3) is 0 Å². The molecule has 1 aliphatic carbocycles. The Morgan fingerprint density at radius 1 is 1.42 bits per heavy atom. The molecule has 2 aromatic rings. The van der Waals surface area contributed by atoms with Crippen molar-refractivity contribution in [1.82, 2.24) is 14.5 Å².